The van der Waals surface area contributed by atoms with E-state index in [1.165, 1.54) is 12.5 Å². The first-order valence-corrected chi connectivity index (χ1v) is 4.27. The molecule has 0 aromatic rings. The topological polar surface area (TPSA) is 35.5 Å². The molecule has 3 nitrogen and oxygen atoms in total. The summed E-state index contributed by atoms with van der Waals surface area (Å²) in [6, 6.07) is 0. The third-order valence-corrected chi connectivity index (χ3v) is 1.73. The van der Waals surface area contributed by atoms with Gasteiger partial charge in [0.25, 0.3) is 0 Å². The van der Waals surface area contributed by atoms with E-state index in [4.69, 9.17) is 9.47 Å². The Morgan fingerprint density at radius 1 is 1.50 bits per heavy atom. The van der Waals surface area contributed by atoms with Crippen LogP contribution < -0.4 is 0 Å². The van der Waals surface area contributed by atoms with E-state index >= 15 is 0 Å². The fourth-order valence-electron chi connectivity index (χ4n) is 1.12. The van der Waals surface area contributed by atoms with Crippen LogP contribution in [0.3, 0.4) is 0 Å². The SMILES string of the molecule is O=CC=CCOC1CCCCO1. The zero-order valence-electron chi connectivity index (χ0n) is 7.07. The second kappa shape index (κ2) is 5.91. The normalized spacial score (nSPS) is 24.5. The van der Waals surface area contributed by atoms with Crippen molar-refractivity contribution in [2.24, 2.45) is 0 Å². The molecule has 1 atom stereocenters. The Hall–Kier alpha value is -0.670. The van der Waals surface area contributed by atoms with Crippen molar-refractivity contribution in [3.05, 3.63) is 12.2 Å². The molecule has 1 unspecified atom stereocenters. The molecule has 1 aliphatic rings. The largest absolute Gasteiger partial charge is 0.353 e. The van der Waals surface area contributed by atoms with Gasteiger partial charge in [0.05, 0.1) is 6.61 Å². The fraction of sp³-hybridized carbons (Fsp3) is 0.667. The van der Waals surface area contributed by atoms with Crippen LogP contribution in [-0.2, 0) is 14.3 Å². The maximum absolute atomic E-state index is 9.88. The molecule has 0 N–H and O–H groups in total. The molecule has 0 radical (unpaired) electrons. The summed E-state index contributed by atoms with van der Waals surface area (Å²) in [6.07, 6.45) is 7.06. The lowest BCUT2D eigenvalue weighted by molar-refractivity contribution is -0.155. The lowest BCUT2D eigenvalue weighted by Gasteiger charge is -2.21. The third kappa shape index (κ3) is 3.64. The number of rotatable bonds is 4. The van der Waals surface area contributed by atoms with Crippen LogP contribution in [0, 0.1) is 0 Å². The van der Waals surface area contributed by atoms with Gasteiger partial charge in [-0.25, -0.2) is 0 Å². The highest BCUT2D eigenvalue weighted by molar-refractivity contribution is 5.64. The molecule has 0 spiro atoms. The number of carbonyl (C=O) groups is 1. The van der Waals surface area contributed by atoms with Crippen LogP contribution >= 0.6 is 0 Å². The van der Waals surface area contributed by atoms with Gasteiger partial charge in [-0.3, -0.25) is 4.79 Å². The number of aldehydes is 1. The van der Waals surface area contributed by atoms with Gasteiger partial charge in [-0.15, -0.1) is 0 Å². The van der Waals surface area contributed by atoms with E-state index in [1.807, 2.05) is 0 Å². The average Bonchev–Trinajstić information content (AvgIpc) is 2.14. The molecule has 0 saturated carbocycles. The van der Waals surface area contributed by atoms with Crippen molar-refractivity contribution in [2.45, 2.75) is 25.6 Å². The highest BCUT2D eigenvalue weighted by Crippen LogP contribution is 2.13. The van der Waals surface area contributed by atoms with Crippen molar-refractivity contribution in [1.29, 1.82) is 0 Å². The standard InChI is InChI=1S/C9H14O3/c10-6-2-4-8-12-9-5-1-3-7-11-9/h2,4,6,9H,1,3,5,7-8H2. The summed E-state index contributed by atoms with van der Waals surface area (Å²) in [5, 5.41) is 0. The number of ether oxygens (including phenoxy) is 2. The molecule has 3 heteroatoms. The Morgan fingerprint density at radius 3 is 3.08 bits per heavy atom. The number of hydrogen-bond donors (Lipinski definition) is 0. The van der Waals surface area contributed by atoms with Gasteiger partial charge in [-0.1, -0.05) is 6.08 Å². The van der Waals surface area contributed by atoms with Gasteiger partial charge in [0.1, 0.15) is 6.29 Å². The van der Waals surface area contributed by atoms with Crippen LogP contribution in [0.5, 0.6) is 0 Å². The minimum atomic E-state index is -0.0601. The van der Waals surface area contributed by atoms with Crippen molar-refractivity contribution in [1.82, 2.24) is 0 Å². The smallest absolute Gasteiger partial charge is 0.157 e. The lowest BCUT2D eigenvalue weighted by atomic mass is 10.2. The Morgan fingerprint density at radius 2 is 2.42 bits per heavy atom. The van der Waals surface area contributed by atoms with Crippen LogP contribution in [-0.4, -0.2) is 25.8 Å². The van der Waals surface area contributed by atoms with Crippen LogP contribution in [0.15, 0.2) is 12.2 Å². The summed E-state index contributed by atoms with van der Waals surface area (Å²) >= 11 is 0. The van der Waals surface area contributed by atoms with Crippen molar-refractivity contribution in [3.8, 4) is 0 Å². The van der Waals surface area contributed by atoms with Gasteiger partial charge in [0.15, 0.2) is 6.29 Å². The van der Waals surface area contributed by atoms with Crippen LogP contribution in [0.2, 0.25) is 0 Å². The lowest BCUT2D eigenvalue weighted by Crippen LogP contribution is -2.22. The highest BCUT2D eigenvalue weighted by Gasteiger charge is 2.12. The van der Waals surface area contributed by atoms with E-state index in [0.717, 1.165) is 25.7 Å². The van der Waals surface area contributed by atoms with Crippen LogP contribution in [0.4, 0.5) is 0 Å². The molecular weight excluding hydrogens is 156 g/mol. The van der Waals surface area contributed by atoms with Crippen molar-refractivity contribution in [3.63, 3.8) is 0 Å². The van der Waals surface area contributed by atoms with E-state index in [1.54, 1.807) is 6.08 Å². The predicted molar refractivity (Wildman–Crippen MR) is 44.7 cm³/mol. The first-order chi connectivity index (χ1) is 5.93. The molecule has 12 heavy (non-hydrogen) atoms. The van der Waals surface area contributed by atoms with E-state index in [2.05, 4.69) is 0 Å². The van der Waals surface area contributed by atoms with Gasteiger partial charge in [0.2, 0.25) is 0 Å². The molecule has 0 aromatic carbocycles. The number of hydrogen-bond acceptors (Lipinski definition) is 3. The van der Waals surface area contributed by atoms with Crippen LogP contribution in [0.1, 0.15) is 19.3 Å². The van der Waals surface area contributed by atoms with E-state index in [0.29, 0.717) is 6.61 Å². The monoisotopic (exact) mass is 170 g/mol. The summed E-state index contributed by atoms with van der Waals surface area (Å²) in [7, 11) is 0. The van der Waals surface area contributed by atoms with Gasteiger partial charge in [-0.2, -0.15) is 0 Å². The number of carbonyl (C=O) groups excluding carboxylic acids is 1. The summed E-state index contributed by atoms with van der Waals surface area (Å²) < 4.78 is 10.6. The quantitative estimate of drug-likeness (QED) is 0.471. The van der Waals surface area contributed by atoms with Crippen LogP contribution in [0.25, 0.3) is 0 Å². The summed E-state index contributed by atoms with van der Waals surface area (Å²) in [6.45, 7) is 1.26. The average molecular weight is 170 g/mol. The van der Waals surface area contributed by atoms with Gasteiger partial charge in [-0.05, 0) is 25.3 Å². The minimum Gasteiger partial charge on any atom is -0.353 e. The first kappa shape index (κ1) is 9.42. The fourth-order valence-corrected chi connectivity index (χ4v) is 1.12. The molecule has 68 valence electrons. The maximum Gasteiger partial charge on any atom is 0.157 e. The van der Waals surface area contributed by atoms with Crippen molar-refractivity contribution < 1.29 is 14.3 Å². The van der Waals surface area contributed by atoms with E-state index < -0.39 is 0 Å². The van der Waals surface area contributed by atoms with Crippen molar-refractivity contribution >= 4 is 6.29 Å². The molecule has 0 amide bonds. The van der Waals surface area contributed by atoms with Gasteiger partial charge in [0, 0.05) is 6.61 Å². The zero-order valence-corrected chi connectivity index (χ0v) is 7.07. The van der Waals surface area contributed by atoms with Gasteiger partial charge >= 0.3 is 0 Å². The highest BCUT2D eigenvalue weighted by atomic mass is 16.7. The van der Waals surface area contributed by atoms with Gasteiger partial charge < -0.3 is 9.47 Å². The van der Waals surface area contributed by atoms with E-state index in [-0.39, 0.29) is 6.29 Å². The first-order valence-electron chi connectivity index (χ1n) is 4.27. The zero-order chi connectivity index (χ0) is 8.65. The molecular formula is C9H14O3. The minimum absolute atomic E-state index is 0.0601. The summed E-state index contributed by atoms with van der Waals surface area (Å²) in [5.74, 6) is 0. The maximum atomic E-state index is 9.88. The summed E-state index contributed by atoms with van der Waals surface area (Å²) in [4.78, 5) is 9.88. The summed E-state index contributed by atoms with van der Waals surface area (Å²) in [5.41, 5.74) is 0. The Labute approximate surface area is 72.4 Å². The Kier molecular flexibility index (Phi) is 4.64. The Bertz CT molecular complexity index is 148. The second-order valence-electron chi connectivity index (χ2n) is 2.69. The molecule has 1 heterocycles. The third-order valence-electron chi connectivity index (χ3n) is 1.73. The molecule has 1 rings (SSSR count). The molecule has 1 saturated heterocycles. The molecule has 0 aliphatic carbocycles. The van der Waals surface area contributed by atoms with E-state index in [9.17, 15) is 4.79 Å². The molecule has 1 fully saturated rings. The Balaban J connectivity index is 2.05. The predicted octanol–water partition coefficient (Wildman–Crippen LogP) is 1.28. The number of allylic oxidation sites excluding steroid dienone is 1. The molecule has 0 bridgehead atoms. The second-order valence-corrected chi connectivity index (χ2v) is 2.69. The van der Waals surface area contributed by atoms with Crippen molar-refractivity contribution in [2.75, 3.05) is 13.2 Å². The molecule has 0 aromatic heterocycles. The molecule has 1 aliphatic heterocycles.